The Hall–Kier alpha value is -3.29. The van der Waals surface area contributed by atoms with E-state index in [-0.39, 0.29) is 24.3 Å². The molecule has 2 N–H and O–H groups in total. The standard InChI is InChI=1S/C18H17F2N3O3/c1-23(11-16(24)22-15-7-3-6-14(20)9-15)17(25)10-21-18(26)12-4-2-5-13(19)8-12/h2-9H,10-11H2,1H3,(H,21,26)(H,22,24). The van der Waals surface area contributed by atoms with Crippen molar-refractivity contribution in [3.63, 3.8) is 0 Å². The van der Waals surface area contributed by atoms with E-state index in [9.17, 15) is 23.2 Å². The van der Waals surface area contributed by atoms with Gasteiger partial charge in [-0.15, -0.1) is 0 Å². The Morgan fingerprint density at radius 3 is 2.31 bits per heavy atom. The third-order valence-corrected chi connectivity index (χ3v) is 3.40. The molecule has 3 amide bonds. The molecule has 0 unspecified atom stereocenters. The smallest absolute Gasteiger partial charge is 0.251 e. The van der Waals surface area contributed by atoms with E-state index in [2.05, 4.69) is 10.6 Å². The summed E-state index contributed by atoms with van der Waals surface area (Å²) in [6.45, 7) is -0.621. The van der Waals surface area contributed by atoms with Crippen LogP contribution in [0.15, 0.2) is 48.5 Å². The minimum Gasteiger partial charge on any atom is -0.343 e. The Morgan fingerprint density at radius 1 is 1.00 bits per heavy atom. The average Bonchev–Trinajstić information content (AvgIpc) is 2.59. The van der Waals surface area contributed by atoms with Gasteiger partial charge in [0.15, 0.2) is 0 Å². The number of carbonyl (C=O) groups excluding carboxylic acids is 3. The van der Waals surface area contributed by atoms with Crippen LogP contribution in [0.3, 0.4) is 0 Å². The van der Waals surface area contributed by atoms with E-state index in [0.29, 0.717) is 0 Å². The van der Waals surface area contributed by atoms with Crippen molar-refractivity contribution in [3.05, 3.63) is 65.7 Å². The molecule has 0 aliphatic rings. The zero-order valence-corrected chi connectivity index (χ0v) is 14.0. The van der Waals surface area contributed by atoms with Crippen molar-refractivity contribution in [1.82, 2.24) is 10.2 Å². The number of anilines is 1. The SMILES string of the molecule is CN(CC(=O)Nc1cccc(F)c1)C(=O)CNC(=O)c1cccc(F)c1. The number of rotatable bonds is 6. The van der Waals surface area contributed by atoms with Gasteiger partial charge >= 0.3 is 0 Å². The number of carbonyl (C=O) groups is 3. The number of amides is 3. The van der Waals surface area contributed by atoms with E-state index in [1.165, 1.54) is 43.4 Å². The summed E-state index contributed by atoms with van der Waals surface area (Å²) in [5.41, 5.74) is 0.361. The maximum atomic E-state index is 13.1. The van der Waals surface area contributed by atoms with E-state index in [0.717, 1.165) is 17.0 Å². The molecule has 0 spiro atoms. The van der Waals surface area contributed by atoms with Gasteiger partial charge < -0.3 is 15.5 Å². The fourth-order valence-electron chi connectivity index (χ4n) is 2.09. The van der Waals surface area contributed by atoms with Crippen LogP contribution < -0.4 is 10.6 Å². The fourth-order valence-corrected chi connectivity index (χ4v) is 2.09. The lowest BCUT2D eigenvalue weighted by atomic mass is 10.2. The maximum Gasteiger partial charge on any atom is 0.251 e. The van der Waals surface area contributed by atoms with E-state index < -0.39 is 29.4 Å². The molecule has 8 heteroatoms. The molecule has 0 fully saturated rings. The molecule has 0 aliphatic carbocycles. The van der Waals surface area contributed by atoms with E-state index in [1.807, 2.05) is 0 Å². The molecule has 2 rings (SSSR count). The van der Waals surface area contributed by atoms with Crippen molar-refractivity contribution in [3.8, 4) is 0 Å². The first-order chi connectivity index (χ1) is 12.3. The topological polar surface area (TPSA) is 78.5 Å². The Kier molecular flexibility index (Phi) is 6.37. The number of benzene rings is 2. The average molecular weight is 361 g/mol. The van der Waals surface area contributed by atoms with Gasteiger partial charge in [-0.1, -0.05) is 12.1 Å². The fraction of sp³-hybridized carbons (Fsp3) is 0.167. The van der Waals surface area contributed by atoms with Crippen LogP contribution in [-0.2, 0) is 9.59 Å². The molecule has 136 valence electrons. The lowest BCUT2D eigenvalue weighted by molar-refractivity contribution is -0.132. The van der Waals surface area contributed by atoms with Gasteiger partial charge in [0, 0.05) is 18.3 Å². The zero-order chi connectivity index (χ0) is 19.1. The number of hydrogen-bond acceptors (Lipinski definition) is 3. The Labute approximate surface area is 148 Å². The highest BCUT2D eigenvalue weighted by Crippen LogP contribution is 2.09. The summed E-state index contributed by atoms with van der Waals surface area (Å²) < 4.78 is 26.1. The van der Waals surface area contributed by atoms with Gasteiger partial charge in [0.25, 0.3) is 5.91 Å². The predicted octanol–water partition coefficient (Wildman–Crippen LogP) is 1.79. The van der Waals surface area contributed by atoms with Crippen molar-refractivity contribution < 1.29 is 23.2 Å². The summed E-state index contributed by atoms with van der Waals surface area (Å²) in [6, 6.07) is 10.4. The maximum absolute atomic E-state index is 13.1. The van der Waals surface area contributed by atoms with Gasteiger partial charge in [0.2, 0.25) is 11.8 Å². The second-order valence-corrected chi connectivity index (χ2v) is 5.50. The number of nitrogens with one attached hydrogen (secondary N) is 2. The summed E-state index contributed by atoms with van der Waals surface area (Å²) in [5.74, 6) is -2.68. The Morgan fingerprint density at radius 2 is 1.65 bits per heavy atom. The van der Waals surface area contributed by atoms with E-state index in [4.69, 9.17) is 0 Å². The minimum absolute atomic E-state index is 0.0873. The minimum atomic E-state index is -0.601. The van der Waals surface area contributed by atoms with Gasteiger partial charge in [-0.3, -0.25) is 14.4 Å². The van der Waals surface area contributed by atoms with E-state index >= 15 is 0 Å². The lowest BCUT2D eigenvalue weighted by Crippen LogP contribution is -2.41. The van der Waals surface area contributed by atoms with Crippen LogP contribution in [-0.4, -0.2) is 42.8 Å². The van der Waals surface area contributed by atoms with Crippen molar-refractivity contribution in [1.29, 1.82) is 0 Å². The molecular formula is C18H17F2N3O3. The Bertz CT molecular complexity index is 827. The monoisotopic (exact) mass is 361 g/mol. The normalized spacial score (nSPS) is 10.1. The summed E-state index contributed by atoms with van der Waals surface area (Å²) in [6.07, 6.45) is 0. The first-order valence-electron chi connectivity index (χ1n) is 7.68. The molecule has 0 saturated heterocycles. The molecule has 26 heavy (non-hydrogen) atoms. The number of hydrogen-bond donors (Lipinski definition) is 2. The van der Waals surface area contributed by atoms with Crippen LogP contribution in [0.2, 0.25) is 0 Å². The molecule has 0 atom stereocenters. The lowest BCUT2D eigenvalue weighted by Gasteiger charge is -2.17. The third kappa shape index (κ3) is 5.66. The van der Waals surface area contributed by atoms with Crippen LogP contribution in [0.1, 0.15) is 10.4 Å². The van der Waals surface area contributed by atoms with E-state index in [1.54, 1.807) is 0 Å². The highest BCUT2D eigenvalue weighted by atomic mass is 19.1. The van der Waals surface area contributed by atoms with Crippen LogP contribution >= 0.6 is 0 Å². The molecule has 2 aromatic carbocycles. The van der Waals surface area contributed by atoms with Gasteiger partial charge in [-0.25, -0.2) is 8.78 Å². The molecule has 0 aromatic heterocycles. The molecule has 0 radical (unpaired) electrons. The quantitative estimate of drug-likeness (QED) is 0.823. The predicted molar refractivity (Wildman–Crippen MR) is 91.4 cm³/mol. The van der Waals surface area contributed by atoms with Gasteiger partial charge in [0.05, 0.1) is 13.1 Å². The van der Waals surface area contributed by atoms with Crippen molar-refractivity contribution >= 4 is 23.4 Å². The number of likely N-dealkylation sites (N-methyl/N-ethyl adjacent to an activating group) is 1. The van der Waals surface area contributed by atoms with Gasteiger partial charge in [-0.2, -0.15) is 0 Å². The Balaban J connectivity index is 1.81. The number of halogens is 2. The summed E-state index contributed by atoms with van der Waals surface area (Å²) in [4.78, 5) is 36.8. The molecule has 2 aromatic rings. The molecule has 0 heterocycles. The van der Waals surface area contributed by atoms with Gasteiger partial charge in [0.1, 0.15) is 11.6 Å². The van der Waals surface area contributed by atoms with Crippen LogP contribution in [0.25, 0.3) is 0 Å². The largest absolute Gasteiger partial charge is 0.343 e. The highest BCUT2D eigenvalue weighted by molar-refractivity contribution is 5.98. The summed E-state index contributed by atoms with van der Waals surface area (Å²) in [7, 11) is 1.39. The van der Waals surface area contributed by atoms with Gasteiger partial charge in [-0.05, 0) is 36.4 Å². The zero-order valence-electron chi connectivity index (χ0n) is 14.0. The number of nitrogens with zero attached hydrogens (tertiary/aromatic N) is 1. The van der Waals surface area contributed by atoms with Crippen molar-refractivity contribution in [2.45, 2.75) is 0 Å². The second kappa shape index (κ2) is 8.70. The van der Waals surface area contributed by atoms with Crippen molar-refractivity contribution in [2.24, 2.45) is 0 Å². The molecular weight excluding hydrogens is 344 g/mol. The molecule has 6 nitrogen and oxygen atoms in total. The first-order valence-corrected chi connectivity index (χ1v) is 7.68. The summed E-state index contributed by atoms with van der Waals surface area (Å²) in [5, 5.41) is 4.82. The molecule has 0 bridgehead atoms. The van der Waals surface area contributed by atoms with Crippen LogP contribution in [0.5, 0.6) is 0 Å². The summed E-state index contributed by atoms with van der Waals surface area (Å²) >= 11 is 0. The van der Waals surface area contributed by atoms with Crippen molar-refractivity contribution in [2.75, 3.05) is 25.5 Å². The first kappa shape index (κ1) is 19.0. The molecule has 0 saturated carbocycles. The van der Waals surface area contributed by atoms with Crippen LogP contribution in [0, 0.1) is 11.6 Å². The molecule has 0 aliphatic heterocycles. The van der Waals surface area contributed by atoms with Crippen LogP contribution in [0.4, 0.5) is 14.5 Å². The highest BCUT2D eigenvalue weighted by Gasteiger charge is 2.15. The second-order valence-electron chi connectivity index (χ2n) is 5.50. The third-order valence-electron chi connectivity index (χ3n) is 3.40.